The number of benzene rings is 4. The Kier molecular flexibility index (Phi) is 16.2. The molecule has 1 amide bonds. The Labute approximate surface area is 328 Å². The summed E-state index contributed by atoms with van der Waals surface area (Å²) in [4.78, 5) is 29.8. The first kappa shape index (κ1) is 43.3. The molecular formula is C44H63N6OS2+. The molecule has 7 nitrogen and oxygen atoms in total. The standard InChI is InChI=1S/C22H29N3OS.C20H26N3S.2CH4/c1-6-23(7-2)17-10-12-19-21(14-17)27-22-15-18(24(8-3)9-4)11-13-20(22)25(19)16(5)26;1-5-22(6-2)15-9-11-17-19(13-15)24-20-14-16(23(7-3)8-4)10-12-18(20)21-17;;/h10-15H,6-9H2,1-5H3;9-14H,5-8H2,1-4H3;2*1H4/q;+1;;. The van der Waals surface area contributed by atoms with Crippen molar-refractivity contribution in [3.05, 3.63) is 78.2 Å². The van der Waals surface area contributed by atoms with Gasteiger partial charge in [0.05, 0.1) is 32.2 Å². The van der Waals surface area contributed by atoms with Gasteiger partial charge in [0.1, 0.15) is 13.1 Å². The first-order chi connectivity index (χ1) is 24.7. The van der Waals surface area contributed by atoms with Gasteiger partial charge in [-0.2, -0.15) is 0 Å². The Balaban J connectivity index is 0.000000277. The van der Waals surface area contributed by atoms with Crippen LogP contribution in [-0.2, 0) is 4.79 Å². The maximum absolute atomic E-state index is 12.5. The van der Waals surface area contributed by atoms with Crippen LogP contribution in [0.4, 0.5) is 28.4 Å². The zero-order valence-electron chi connectivity index (χ0n) is 32.0. The van der Waals surface area contributed by atoms with Gasteiger partial charge in [-0.25, -0.2) is 9.56 Å². The number of aromatic nitrogens is 1. The van der Waals surface area contributed by atoms with Crippen molar-refractivity contribution in [1.82, 2.24) is 9.56 Å². The van der Waals surface area contributed by atoms with Gasteiger partial charge >= 0.3 is 0 Å². The normalized spacial score (nSPS) is 11.4. The molecule has 1 aliphatic carbocycles. The molecule has 3 aromatic carbocycles. The summed E-state index contributed by atoms with van der Waals surface area (Å²) in [6, 6.07) is 26.1. The summed E-state index contributed by atoms with van der Waals surface area (Å²) in [7, 11) is 0. The molecule has 0 bridgehead atoms. The molecule has 0 fully saturated rings. The number of anilines is 5. The summed E-state index contributed by atoms with van der Waals surface area (Å²) >= 11 is 3.60. The van der Waals surface area contributed by atoms with Crippen molar-refractivity contribution in [2.75, 3.05) is 72.0 Å². The third-order valence-electron chi connectivity index (χ3n) is 9.77. The van der Waals surface area contributed by atoms with Crippen molar-refractivity contribution in [2.45, 2.75) is 87.0 Å². The molecule has 0 radical (unpaired) electrons. The molecule has 0 saturated carbocycles. The minimum absolute atomic E-state index is 0. The zero-order valence-corrected chi connectivity index (χ0v) is 33.6. The number of nitrogens with zero attached hydrogens (tertiary/aromatic N) is 6. The van der Waals surface area contributed by atoms with Crippen LogP contribution < -0.4 is 29.5 Å². The summed E-state index contributed by atoms with van der Waals surface area (Å²) in [6.45, 7) is 27.1. The van der Waals surface area contributed by atoms with E-state index in [9.17, 15) is 4.79 Å². The van der Waals surface area contributed by atoms with Gasteiger partial charge in [-0.1, -0.05) is 26.6 Å². The second-order valence-electron chi connectivity index (χ2n) is 12.5. The number of hydrogen-bond donors (Lipinski definition) is 0. The molecule has 286 valence electrons. The highest BCUT2D eigenvalue weighted by molar-refractivity contribution is 7.99. The average molecular weight is 756 g/mol. The van der Waals surface area contributed by atoms with E-state index in [0.717, 1.165) is 84.7 Å². The van der Waals surface area contributed by atoms with Gasteiger partial charge < -0.3 is 14.7 Å². The molecule has 0 unspecified atom stereocenters. The van der Waals surface area contributed by atoms with Gasteiger partial charge in [-0.15, -0.1) is 11.3 Å². The number of amides is 1. The Morgan fingerprint density at radius 2 is 1.11 bits per heavy atom. The van der Waals surface area contributed by atoms with Crippen LogP contribution in [0.1, 0.15) is 77.2 Å². The Bertz CT molecular complexity index is 1930. The van der Waals surface area contributed by atoms with Crippen LogP contribution in [0.3, 0.4) is 0 Å². The van der Waals surface area contributed by atoms with Crippen molar-refractivity contribution in [3.8, 4) is 10.6 Å². The van der Waals surface area contributed by atoms with Gasteiger partial charge in [-0.3, -0.25) is 9.69 Å². The molecule has 0 saturated heterocycles. The smallest absolute Gasteiger partial charge is 0.228 e. The van der Waals surface area contributed by atoms with E-state index in [0.29, 0.717) is 0 Å². The van der Waals surface area contributed by atoms with Crippen molar-refractivity contribution < 1.29 is 4.79 Å². The summed E-state index contributed by atoms with van der Waals surface area (Å²) in [5.41, 5.74) is 7.82. The highest BCUT2D eigenvalue weighted by Gasteiger charge is 2.27. The third-order valence-corrected chi connectivity index (χ3v) is 12.0. The predicted octanol–water partition coefficient (Wildman–Crippen LogP) is 10.9. The fraction of sp³-hybridized carbons (Fsp3) is 0.432. The van der Waals surface area contributed by atoms with E-state index < -0.39 is 0 Å². The number of fused-ring (bicyclic) bond motifs is 4. The lowest BCUT2D eigenvalue weighted by atomic mass is 10.1. The van der Waals surface area contributed by atoms with Crippen molar-refractivity contribution >= 4 is 67.7 Å². The lowest BCUT2D eigenvalue weighted by Crippen LogP contribution is -2.29. The van der Waals surface area contributed by atoms with Gasteiger partial charge in [0.15, 0.2) is 0 Å². The van der Waals surface area contributed by atoms with Crippen molar-refractivity contribution in [2.24, 2.45) is 0 Å². The molecular weight excluding hydrogens is 693 g/mol. The summed E-state index contributed by atoms with van der Waals surface area (Å²) < 4.78 is 3.63. The van der Waals surface area contributed by atoms with E-state index >= 15 is 0 Å². The van der Waals surface area contributed by atoms with Crippen LogP contribution in [0, 0.1) is 0 Å². The van der Waals surface area contributed by atoms with Crippen LogP contribution in [0.15, 0.2) is 82.6 Å². The second-order valence-corrected chi connectivity index (χ2v) is 14.6. The molecule has 0 spiro atoms. The largest absolute Gasteiger partial charge is 0.372 e. The second kappa shape index (κ2) is 19.8. The molecule has 0 atom stereocenters. The maximum atomic E-state index is 12.5. The van der Waals surface area contributed by atoms with Gasteiger partial charge in [0, 0.05) is 85.2 Å². The first-order valence-electron chi connectivity index (χ1n) is 18.7. The fourth-order valence-electron chi connectivity index (χ4n) is 6.87. The molecule has 0 N–H and O–H groups in total. The van der Waals surface area contributed by atoms with Crippen LogP contribution in [-0.4, -0.2) is 63.2 Å². The van der Waals surface area contributed by atoms with Gasteiger partial charge in [0.2, 0.25) is 11.3 Å². The van der Waals surface area contributed by atoms with E-state index in [1.165, 1.54) is 32.0 Å². The van der Waals surface area contributed by atoms with Crippen LogP contribution >= 0.6 is 23.1 Å². The number of carbonyl (C=O) groups excluding carboxylic acids is 1. The monoisotopic (exact) mass is 755 g/mol. The lowest BCUT2D eigenvalue weighted by molar-refractivity contribution is -0.115. The quantitative estimate of drug-likeness (QED) is 0.0988. The van der Waals surface area contributed by atoms with E-state index in [1.807, 2.05) is 16.2 Å². The van der Waals surface area contributed by atoms with Gasteiger partial charge in [-0.05, 0) is 116 Å². The maximum Gasteiger partial charge on any atom is 0.228 e. The fourth-order valence-corrected chi connectivity index (χ4v) is 9.03. The Hall–Kier alpha value is -4.08. The molecule has 9 heteroatoms. The number of carbonyl (C=O) groups is 1. The van der Waals surface area contributed by atoms with Crippen LogP contribution in [0.5, 0.6) is 0 Å². The Morgan fingerprint density at radius 3 is 1.57 bits per heavy atom. The van der Waals surface area contributed by atoms with Crippen molar-refractivity contribution in [1.29, 1.82) is 0 Å². The third kappa shape index (κ3) is 9.36. The van der Waals surface area contributed by atoms with Gasteiger partial charge in [0.25, 0.3) is 0 Å². The lowest BCUT2D eigenvalue weighted by Gasteiger charge is -2.33. The topological polar surface area (TPSA) is 45.9 Å². The number of rotatable bonds is 11. The van der Waals surface area contributed by atoms with E-state index in [4.69, 9.17) is 4.98 Å². The molecule has 3 aromatic rings. The van der Waals surface area contributed by atoms with E-state index in [2.05, 4.69) is 147 Å². The Morgan fingerprint density at radius 1 is 0.642 bits per heavy atom. The molecule has 3 aliphatic rings. The highest BCUT2D eigenvalue weighted by atomic mass is 32.2. The summed E-state index contributed by atoms with van der Waals surface area (Å²) in [6.07, 6.45) is 0. The molecule has 2 aliphatic heterocycles. The molecule has 6 rings (SSSR count). The highest BCUT2D eigenvalue weighted by Crippen LogP contribution is 2.50. The SMILES string of the molecule is C.C.CCN(CC)c1ccc2c(c1)Sc1cc(N(CC)CC)ccc1N2C(C)=O.CCN(CC)c1ccc2nc3ccc(=[N+](CC)CC)cc-3sc2c1. The minimum Gasteiger partial charge on any atom is -0.372 e. The summed E-state index contributed by atoms with van der Waals surface area (Å²) in [5, 5.41) is 1.28. The zero-order chi connectivity index (χ0) is 36.7. The molecule has 53 heavy (non-hydrogen) atoms. The van der Waals surface area contributed by atoms with E-state index in [-0.39, 0.29) is 20.8 Å². The number of hydrogen-bond acceptors (Lipinski definition) is 7. The van der Waals surface area contributed by atoms with E-state index in [1.54, 1.807) is 18.7 Å². The average Bonchev–Trinajstić information content (AvgIpc) is 3.15. The van der Waals surface area contributed by atoms with Crippen LogP contribution in [0.2, 0.25) is 0 Å². The van der Waals surface area contributed by atoms with Crippen LogP contribution in [0.25, 0.3) is 20.8 Å². The first-order valence-corrected chi connectivity index (χ1v) is 20.3. The van der Waals surface area contributed by atoms with Crippen molar-refractivity contribution in [3.63, 3.8) is 0 Å². The molecule has 0 aromatic heterocycles. The molecule has 2 heterocycles. The minimum atomic E-state index is 0. The summed E-state index contributed by atoms with van der Waals surface area (Å²) in [5.74, 6) is 0.0454. The predicted molar refractivity (Wildman–Crippen MR) is 237 cm³/mol.